The smallest absolute Gasteiger partial charge is 0.0503 e. The van der Waals surface area contributed by atoms with Crippen LogP contribution in [0.1, 0.15) is 18.4 Å². The Morgan fingerprint density at radius 2 is 1.25 bits per heavy atom. The summed E-state index contributed by atoms with van der Waals surface area (Å²) in [4.78, 5) is 3.76. The molecule has 32 heavy (non-hydrogen) atoms. The molecule has 5 rings (SSSR count). The molecule has 5 aromatic rings. The van der Waals surface area contributed by atoms with Crippen molar-refractivity contribution in [3.05, 3.63) is 109 Å². The second-order valence-corrected chi connectivity index (χ2v) is 8.26. The van der Waals surface area contributed by atoms with Crippen molar-refractivity contribution in [2.24, 2.45) is 5.73 Å². The number of unbranched alkanes of at least 4 members (excludes halogenated alkanes) is 1. The maximum absolute atomic E-state index is 5.82. The standard InChI is InChI=1S/C30H28N2/c31-20-10-9-17-27-28-21-24(22-11-3-1-4-12-22)18-19-29(28)32-30(27)26-16-8-7-15-25(26)23-13-5-2-6-14-23/h1-8,11-16,18-19,21,32H,9-10,17,20,31H2. The number of H-pyrrole nitrogens is 1. The minimum Gasteiger partial charge on any atom is -0.354 e. The van der Waals surface area contributed by atoms with Crippen LogP contribution < -0.4 is 5.73 Å². The Labute approximate surface area is 189 Å². The predicted molar refractivity (Wildman–Crippen MR) is 137 cm³/mol. The lowest BCUT2D eigenvalue weighted by Gasteiger charge is -2.11. The number of aromatic nitrogens is 1. The highest BCUT2D eigenvalue weighted by Crippen LogP contribution is 2.38. The van der Waals surface area contributed by atoms with E-state index < -0.39 is 0 Å². The summed E-state index contributed by atoms with van der Waals surface area (Å²) >= 11 is 0. The Morgan fingerprint density at radius 1 is 0.594 bits per heavy atom. The van der Waals surface area contributed by atoms with E-state index in [0.29, 0.717) is 0 Å². The van der Waals surface area contributed by atoms with Crippen LogP contribution in [0, 0.1) is 0 Å². The van der Waals surface area contributed by atoms with Crippen molar-refractivity contribution in [1.82, 2.24) is 4.98 Å². The lowest BCUT2D eigenvalue weighted by molar-refractivity contribution is 0.748. The fraction of sp³-hybridized carbons (Fsp3) is 0.133. The molecule has 1 heterocycles. The third kappa shape index (κ3) is 3.98. The highest BCUT2D eigenvalue weighted by atomic mass is 14.7. The van der Waals surface area contributed by atoms with Crippen molar-refractivity contribution in [3.8, 4) is 33.5 Å². The summed E-state index contributed by atoms with van der Waals surface area (Å²) < 4.78 is 0. The van der Waals surface area contributed by atoms with Gasteiger partial charge in [-0.05, 0) is 65.8 Å². The Morgan fingerprint density at radius 3 is 1.97 bits per heavy atom. The fourth-order valence-electron chi connectivity index (χ4n) is 4.56. The molecular weight excluding hydrogens is 388 g/mol. The highest BCUT2D eigenvalue weighted by molar-refractivity contribution is 5.96. The quantitative estimate of drug-likeness (QED) is 0.266. The first-order chi connectivity index (χ1) is 15.8. The van der Waals surface area contributed by atoms with Crippen molar-refractivity contribution in [2.45, 2.75) is 19.3 Å². The molecule has 158 valence electrons. The first kappa shape index (κ1) is 20.3. The van der Waals surface area contributed by atoms with E-state index in [1.807, 2.05) is 0 Å². The van der Waals surface area contributed by atoms with Gasteiger partial charge >= 0.3 is 0 Å². The second-order valence-electron chi connectivity index (χ2n) is 8.26. The van der Waals surface area contributed by atoms with Crippen molar-refractivity contribution < 1.29 is 0 Å². The van der Waals surface area contributed by atoms with Crippen LogP contribution in [0.3, 0.4) is 0 Å². The van der Waals surface area contributed by atoms with Crippen LogP contribution in [0.5, 0.6) is 0 Å². The molecule has 0 amide bonds. The molecule has 0 unspecified atom stereocenters. The van der Waals surface area contributed by atoms with Crippen molar-refractivity contribution in [2.75, 3.05) is 6.54 Å². The van der Waals surface area contributed by atoms with Gasteiger partial charge in [-0.2, -0.15) is 0 Å². The third-order valence-corrected chi connectivity index (χ3v) is 6.18. The number of hydrogen-bond donors (Lipinski definition) is 2. The Kier molecular flexibility index (Phi) is 5.87. The van der Waals surface area contributed by atoms with Crippen molar-refractivity contribution in [3.63, 3.8) is 0 Å². The van der Waals surface area contributed by atoms with Crippen LogP contribution in [-0.2, 0) is 6.42 Å². The first-order valence-electron chi connectivity index (χ1n) is 11.4. The zero-order valence-corrected chi connectivity index (χ0v) is 18.2. The molecule has 0 spiro atoms. The zero-order chi connectivity index (χ0) is 21.8. The third-order valence-electron chi connectivity index (χ3n) is 6.18. The number of benzene rings is 4. The Balaban J connectivity index is 1.69. The van der Waals surface area contributed by atoms with E-state index >= 15 is 0 Å². The molecule has 0 saturated heterocycles. The molecule has 3 N–H and O–H groups in total. The van der Waals surface area contributed by atoms with Gasteiger partial charge in [0.15, 0.2) is 0 Å². The molecule has 0 aliphatic rings. The predicted octanol–water partition coefficient (Wildman–Crippen LogP) is 7.45. The van der Waals surface area contributed by atoms with Crippen LogP contribution in [-0.4, -0.2) is 11.5 Å². The van der Waals surface area contributed by atoms with Gasteiger partial charge in [0.1, 0.15) is 0 Å². The molecule has 0 saturated carbocycles. The molecule has 0 aliphatic carbocycles. The lowest BCUT2D eigenvalue weighted by Crippen LogP contribution is -1.99. The van der Waals surface area contributed by atoms with E-state index in [4.69, 9.17) is 5.73 Å². The maximum Gasteiger partial charge on any atom is 0.0503 e. The SMILES string of the molecule is NCCCCc1c(-c2ccccc2-c2ccccc2)[nH]c2ccc(-c3ccccc3)cc12. The Bertz CT molecular complexity index is 1320. The molecule has 1 aromatic heterocycles. The van der Waals surface area contributed by atoms with E-state index in [1.165, 1.54) is 50.0 Å². The van der Waals surface area contributed by atoms with Gasteiger partial charge in [-0.3, -0.25) is 0 Å². The van der Waals surface area contributed by atoms with E-state index in [9.17, 15) is 0 Å². The van der Waals surface area contributed by atoms with Crippen LogP contribution >= 0.6 is 0 Å². The van der Waals surface area contributed by atoms with Gasteiger partial charge in [0.25, 0.3) is 0 Å². The van der Waals surface area contributed by atoms with Gasteiger partial charge in [0.05, 0.1) is 5.69 Å². The number of fused-ring (bicyclic) bond motifs is 1. The number of nitrogens with one attached hydrogen (secondary N) is 1. The highest BCUT2D eigenvalue weighted by Gasteiger charge is 2.17. The van der Waals surface area contributed by atoms with E-state index in [2.05, 4.69) is 108 Å². The van der Waals surface area contributed by atoms with Gasteiger partial charge in [-0.1, -0.05) is 91.0 Å². The summed E-state index contributed by atoms with van der Waals surface area (Å²) in [5, 5.41) is 1.31. The van der Waals surface area contributed by atoms with Gasteiger partial charge in [0, 0.05) is 16.5 Å². The summed E-state index contributed by atoms with van der Waals surface area (Å²) in [5.74, 6) is 0. The second kappa shape index (κ2) is 9.25. The van der Waals surface area contributed by atoms with E-state index in [1.54, 1.807) is 0 Å². The van der Waals surface area contributed by atoms with Crippen LogP contribution in [0.15, 0.2) is 103 Å². The minimum atomic E-state index is 0.730. The summed E-state index contributed by atoms with van der Waals surface area (Å²) in [6.07, 6.45) is 3.12. The van der Waals surface area contributed by atoms with Crippen molar-refractivity contribution in [1.29, 1.82) is 0 Å². The molecule has 0 bridgehead atoms. The maximum atomic E-state index is 5.82. The summed E-state index contributed by atoms with van der Waals surface area (Å²) in [6.45, 7) is 0.730. The average Bonchev–Trinajstić information content (AvgIpc) is 3.23. The molecule has 2 nitrogen and oxygen atoms in total. The summed E-state index contributed by atoms with van der Waals surface area (Å²) in [7, 11) is 0. The lowest BCUT2D eigenvalue weighted by atomic mass is 9.93. The number of rotatable bonds is 7. The summed E-state index contributed by atoms with van der Waals surface area (Å²) in [5.41, 5.74) is 15.8. The molecule has 4 aromatic carbocycles. The van der Waals surface area contributed by atoms with Gasteiger partial charge in [0.2, 0.25) is 0 Å². The molecule has 0 fully saturated rings. The van der Waals surface area contributed by atoms with Crippen LogP contribution in [0.2, 0.25) is 0 Å². The topological polar surface area (TPSA) is 41.8 Å². The summed E-state index contributed by atoms with van der Waals surface area (Å²) in [6, 6.07) is 36.7. The Hall–Kier alpha value is -3.62. The number of hydrogen-bond acceptors (Lipinski definition) is 1. The van der Waals surface area contributed by atoms with Gasteiger partial charge in [-0.15, -0.1) is 0 Å². The normalized spacial score (nSPS) is 11.2. The van der Waals surface area contributed by atoms with Crippen LogP contribution in [0.25, 0.3) is 44.4 Å². The van der Waals surface area contributed by atoms with Crippen LogP contribution in [0.4, 0.5) is 0 Å². The minimum absolute atomic E-state index is 0.730. The molecular formula is C30H28N2. The number of aryl methyl sites for hydroxylation is 1. The molecule has 0 aliphatic heterocycles. The monoisotopic (exact) mass is 416 g/mol. The van der Waals surface area contributed by atoms with Crippen molar-refractivity contribution >= 4 is 10.9 Å². The van der Waals surface area contributed by atoms with Gasteiger partial charge < -0.3 is 10.7 Å². The van der Waals surface area contributed by atoms with E-state index in [0.717, 1.165) is 25.8 Å². The van der Waals surface area contributed by atoms with Gasteiger partial charge in [-0.25, -0.2) is 0 Å². The fourth-order valence-corrected chi connectivity index (χ4v) is 4.56. The number of aromatic amines is 1. The zero-order valence-electron chi connectivity index (χ0n) is 18.2. The first-order valence-corrected chi connectivity index (χ1v) is 11.4. The molecule has 0 radical (unpaired) electrons. The number of nitrogens with two attached hydrogens (primary N) is 1. The molecule has 2 heteroatoms. The average molecular weight is 417 g/mol. The largest absolute Gasteiger partial charge is 0.354 e. The molecule has 0 atom stereocenters. The van der Waals surface area contributed by atoms with E-state index in [-0.39, 0.29) is 0 Å².